The second kappa shape index (κ2) is 4.09. The second-order valence-electron chi connectivity index (χ2n) is 4.03. The Morgan fingerprint density at radius 1 is 1.44 bits per heavy atom. The molecule has 0 spiro atoms. The summed E-state index contributed by atoms with van der Waals surface area (Å²) in [5.41, 5.74) is 2.97. The van der Waals surface area contributed by atoms with Gasteiger partial charge in [0.25, 0.3) is 0 Å². The first-order valence-electron chi connectivity index (χ1n) is 5.21. The summed E-state index contributed by atoms with van der Waals surface area (Å²) < 4.78 is 6.68. The third kappa shape index (κ3) is 1.71. The van der Waals surface area contributed by atoms with E-state index < -0.39 is 0 Å². The maximum atomic E-state index is 11.8. The van der Waals surface area contributed by atoms with Gasteiger partial charge >= 0.3 is 0 Å². The Morgan fingerprint density at radius 3 is 2.81 bits per heavy atom. The highest BCUT2D eigenvalue weighted by atomic mass is 79.9. The van der Waals surface area contributed by atoms with Crippen LogP contribution in [0.5, 0.6) is 5.75 Å². The van der Waals surface area contributed by atoms with E-state index in [0.29, 0.717) is 13.0 Å². The summed E-state index contributed by atoms with van der Waals surface area (Å²) in [6.45, 7) is 4.44. The largest absolute Gasteiger partial charge is 0.491 e. The third-order valence-electron chi connectivity index (χ3n) is 2.90. The fraction of sp³-hybridized carbons (Fsp3) is 0.417. The van der Waals surface area contributed by atoms with Gasteiger partial charge in [0.2, 0.25) is 5.91 Å². The smallest absolute Gasteiger partial charge is 0.230 e. The molecule has 0 bridgehead atoms. The van der Waals surface area contributed by atoms with E-state index in [-0.39, 0.29) is 5.91 Å². The normalized spacial score (nSPS) is 15.5. The minimum Gasteiger partial charge on any atom is -0.491 e. The molecule has 0 aliphatic carbocycles. The lowest BCUT2D eigenvalue weighted by atomic mass is 10.1. The molecule has 0 saturated carbocycles. The maximum Gasteiger partial charge on any atom is 0.230 e. The number of carbonyl (C=O) groups is 1. The van der Waals surface area contributed by atoms with Crippen LogP contribution < -0.4 is 9.64 Å². The summed E-state index contributed by atoms with van der Waals surface area (Å²) in [6.07, 6.45) is 0.432. The van der Waals surface area contributed by atoms with Gasteiger partial charge in [-0.2, -0.15) is 0 Å². The number of amides is 1. The Morgan fingerprint density at radius 2 is 2.12 bits per heavy atom. The van der Waals surface area contributed by atoms with Crippen molar-refractivity contribution in [3.05, 3.63) is 21.7 Å². The molecule has 1 aliphatic heterocycles. The van der Waals surface area contributed by atoms with Crippen LogP contribution >= 0.6 is 15.9 Å². The monoisotopic (exact) mass is 283 g/mol. The van der Waals surface area contributed by atoms with Crippen molar-refractivity contribution < 1.29 is 9.53 Å². The highest BCUT2D eigenvalue weighted by Gasteiger charge is 2.24. The number of fused-ring (bicyclic) bond motifs is 1. The van der Waals surface area contributed by atoms with Gasteiger partial charge in [-0.25, -0.2) is 0 Å². The van der Waals surface area contributed by atoms with E-state index in [1.165, 1.54) is 0 Å². The fourth-order valence-corrected chi connectivity index (χ4v) is 2.48. The molecule has 4 heteroatoms. The molecule has 86 valence electrons. The van der Waals surface area contributed by atoms with Gasteiger partial charge < -0.3 is 9.64 Å². The summed E-state index contributed by atoms with van der Waals surface area (Å²) in [5, 5.41) is 0. The molecule has 3 nitrogen and oxygen atoms in total. The van der Waals surface area contributed by atoms with Crippen LogP contribution in [0.1, 0.15) is 17.5 Å². The molecule has 0 fully saturated rings. The predicted molar refractivity (Wildman–Crippen MR) is 67.1 cm³/mol. The lowest BCUT2D eigenvalue weighted by Crippen LogP contribution is -2.25. The van der Waals surface area contributed by atoms with Crippen LogP contribution in [0, 0.1) is 13.8 Å². The molecule has 0 radical (unpaired) electrons. The van der Waals surface area contributed by atoms with Crippen LogP contribution in [0.2, 0.25) is 0 Å². The van der Waals surface area contributed by atoms with Crippen LogP contribution in [-0.2, 0) is 4.79 Å². The number of hydrogen-bond acceptors (Lipinski definition) is 2. The number of aryl methyl sites for hydroxylation is 1. The van der Waals surface area contributed by atoms with Crippen molar-refractivity contribution >= 4 is 27.5 Å². The Balaban J connectivity index is 2.69. The Labute approximate surface area is 104 Å². The number of halogens is 1. The predicted octanol–water partition coefficient (Wildman–Crippen LogP) is 2.81. The summed E-state index contributed by atoms with van der Waals surface area (Å²) in [7, 11) is 1.80. The maximum absolute atomic E-state index is 11.8. The zero-order valence-electron chi connectivity index (χ0n) is 9.63. The molecule has 1 aromatic rings. The van der Waals surface area contributed by atoms with Crippen molar-refractivity contribution in [1.29, 1.82) is 0 Å². The fourth-order valence-electron chi connectivity index (χ4n) is 1.95. The van der Waals surface area contributed by atoms with Crippen LogP contribution in [0.25, 0.3) is 0 Å². The highest BCUT2D eigenvalue weighted by Crippen LogP contribution is 2.40. The summed E-state index contributed by atoms with van der Waals surface area (Å²) in [6, 6.07) is 2.03. The van der Waals surface area contributed by atoms with Crippen molar-refractivity contribution in [2.24, 2.45) is 0 Å². The number of rotatable bonds is 0. The molecule has 0 saturated heterocycles. The van der Waals surface area contributed by atoms with E-state index in [1.807, 2.05) is 19.9 Å². The number of hydrogen-bond donors (Lipinski definition) is 0. The lowest BCUT2D eigenvalue weighted by molar-refractivity contribution is -0.118. The molecule has 1 amide bonds. The van der Waals surface area contributed by atoms with Crippen LogP contribution in [-0.4, -0.2) is 19.6 Å². The topological polar surface area (TPSA) is 29.5 Å². The number of benzene rings is 1. The molecule has 2 rings (SSSR count). The number of anilines is 1. The summed E-state index contributed by atoms with van der Waals surface area (Å²) in [5.74, 6) is 0.924. The molecule has 0 atom stereocenters. The average Bonchev–Trinajstić information content (AvgIpc) is 2.37. The zero-order valence-corrected chi connectivity index (χ0v) is 11.2. The first kappa shape index (κ1) is 11.5. The summed E-state index contributed by atoms with van der Waals surface area (Å²) >= 11 is 3.50. The number of ether oxygens (including phenoxy) is 1. The molecular weight excluding hydrogens is 270 g/mol. The van der Waals surface area contributed by atoms with Gasteiger partial charge in [0.15, 0.2) is 0 Å². The average molecular weight is 284 g/mol. The highest BCUT2D eigenvalue weighted by molar-refractivity contribution is 9.10. The van der Waals surface area contributed by atoms with Crippen LogP contribution in [0.4, 0.5) is 5.69 Å². The van der Waals surface area contributed by atoms with Crippen molar-refractivity contribution in [2.45, 2.75) is 20.3 Å². The minimum absolute atomic E-state index is 0.0966. The molecule has 1 aromatic carbocycles. The Hall–Kier alpha value is -1.03. The van der Waals surface area contributed by atoms with Crippen LogP contribution in [0.15, 0.2) is 10.5 Å². The van der Waals surface area contributed by atoms with Gasteiger partial charge in [0.1, 0.15) is 5.75 Å². The van der Waals surface area contributed by atoms with E-state index in [2.05, 4.69) is 15.9 Å². The van der Waals surface area contributed by atoms with Gasteiger partial charge in [-0.05, 0) is 31.0 Å². The van der Waals surface area contributed by atoms with Crippen molar-refractivity contribution in [1.82, 2.24) is 0 Å². The van der Waals surface area contributed by atoms with Crippen molar-refractivity contribution in [2.75, 3.05) is 18.6 Å². The number of nitrogens with zero attached hydrogens (tertiary/aromatic N) is 1. The van der Waals surface area contributed by atoms with Crippen molar-refractivity contribution in [3.63, 3.8) is 0 Å². The van der Waals surface area contributed by atoms with Gasteiger partial charge in [0, 0.05) is 11.5 Å². The van der Waals surface area contributed by atoms with Gasteiger partial charge in [-0.15, -0.1) is 0 Å². The second-order valence-corrected chi connectivity index (χ2v) is 4.88. The molecule has 1 aliphatic rings. The standard InChI is InChI=1S/C12H14BrNO2/c1-7-6-9(13)8(2)11-12(7)16-5-4-10(15)14(11)3/h6H,4-5H2,1-3H3. The van der Waals surface area contributed by atoms with Gasteiger partial charge in [-0.1, -0.05) is 15.9 Å². The van der Waals surface area contributed by atoms with E-state index >= 15 is 0 Å². The SMILES string of the molecule is Cc1cc(Br)c(C)c2c1OCCC(=O)N2C. The first-order valence-corrected chi connectivity index (χ1v) is 6.00. The van der Waals surface area contributed by atoms with E-state index in [0.717, 1.165) is 27.0 Å². The molecule has 1 heterocycles. The molecule has 0 unspecified atom stereocenters. The van der Waals surface area contributed by atoms with Gasteiger partial charge in [0.05, 0.1) is 18.7 Å². The van der Waals surface area contributed by atoms with E-state index in [1.54, 1.807) is 11.9 Å². The van der Waals surface area contributed by atoms with Crippen molar-refractivity contribution in [3.8, 4) is 5.75 Å². The van der Waals surface area contributed by atoms with E-state index in [9.17, 15) is 4.79 Å². The molecular formula is C12H14BrNO2. The lowest BCUT2D eigenvalue weighted by Gasteiger charge is -2.21. The third-order valence-corrected chi connectivity index (χ3v) is 3.73. The molecule has 0 N–H and O–H groups in total. The molecule has 0 aromatic heterocycles. The Kier molecular flexibility index (Phi) is 2.93. The molecule has 16 heavy (non-hydrogen) atoms. The van der Waals surface area contributed by atoms with E-state index in [4.69, 9.17) is 4.74 Å². The Bertz CT molecular complexity index is 457. The quantitative estimate of drug-likeness (QED) is 0.733. The number of carbonyl (C=O) groups excluding carboxylic acids is 1. The first-order chi connectivity index (χ1) is 7.52. The summed E-state index contributed by atoms with van der Waals surface area (Å²) in [4.78, 5) is 13.5. The minimum atomic E-state index is 0.0966. The zero-order chi connectivity index (χ0) is 11.9. The van der Waals surface area contributed by atoms with Gasteiger partial charge in [-0.3, -0.25) is 4.79 Å². The van der Waals surface area contributed by atoms with Crippen LogP contribution in [0.3, 0.4) is 0 Å².